The molecule has 7 nitrogen and oxygen atoms in total. The molecule has 4 aliphatic rings. The Bertz CT molecular complexity index is 836. The van der Waals surface area contributed by atoms with Crippen molar-refractivity contribution in [2.75, 3.05) is 13.2 Å². The lowest BCUT2D eigenvalue weighted by molar-refractivity contribution is -0.211. The zero-order valence-electron chi connectivity index (χ0n) is 24.6. The van der Waals surface area contributed by atoms with Crippen molar-refractivity contribution >= 4 is 11.8 Å². The predicted molar refractivity (Wildman–Crippen MR) is 154 cm³/mol. The lowest BCUT2D eigenvalue weighted by Gasteiger charge is -2.48. The van der Waals surface area contributed by atoms with E-state index >= 15 is 0 Å². The van der Waals surface area contributed by atoms with Crippen molar-refractivity contribution in [3.8, 4) is 0 Å². The Morgan fingerprint density at radius 2 is 1.80 bits per heavy atom. The number of carbonyl (C=O) groups excluding carboxylic acids is 1. The number of ether oxygens (including phenoxy) is 4. The fraction of sp³-hybridized carbons (Fsp3) is 0.818. The van der Waals surface area contributed by atoms with Gasteiger partial charge in [-0.2, -0.15) is 0 Å². The van der Waals surface area contributed by atoms with Crippen LogP contribution in [0.1, 0.15) is 116 Å². The maximum Gasteiger partial charge on any atom is 0.303 e. The van der Waals surface area contributed by atoms with Crippen molar-refractivity contribution in [1.82, 2.24) is 0 Å². The van der Waals surface area contributed by atoms with Crippen molar-refractivity contribution in [2.24, 2.45) is 17.3 Å². The monoisotopic (exact) mass is 560 g/mol. The van der Waals surface area contributed by atoms with Gasteiger partial charge in [0.1, 0.15) is 5.78 Å². The van der Waals surface area contributed by atoms with Crippen LogP contribution in [0.3, 0.4) is 0 Å². The van der Waals surface area contributed by atoms with Crippen molar-refractivity contribution in [3.63, 3.8) is 0 Å². The standard InChI is InChI=1S/C33H52O7/c1-2-3-19-33(20-12-21-33)29(40-32-16-9-11-23-38-32)18-17-26-25(13-6-4-5-7-14-30(35)36)27(34)24-28(26)39-31-15-8-10-22-37-31/h4,6,17-18,25-26,28-29,31-32H,2-3,5,7-16,19-24H2,1H3,(H,35,36)/b6-4-,18-17+/t25-,26-,28-,29+,31?,32?/m1/s1. The zero-order chi connectivity index (χ0) is 28.2. The van der Waals surface area contributed by atoms with Crippen molar-refractivity contribution in [3.05, 3.63) is 24.3 Å². The van der Waals surface area contributed by atoms with Gasteiger partial charge in [0, 0.05) is 43.3 Å². The zero-order valence-corrected chi connectivity index (χ0v) is 24.6. The minimum Gasteiger partial charge on any atom is -0.481 e. The van der Waals surface area contributed by atoms with Crippen LogP contribution >= 0.6 is 0 Å². The highest BCUT2D eigenvalue weighted by molar-refractivity contribution is 5.85. The first kappa shape index (κ1) is 31.4. The normalized spacial score (nSPS) is 31.5. The molecule has 0 radical (unpaired) electrons. The van der Waals surface area contributed by atoms with Crippen molar-refractivity contribution in [2.45, 2.75) is 141 Å². The first-order valence-electron chi connectivity index (χ1n) is 16.1. The molecule has 0 spiro atoms. The topological polar surface area (TPSA) is 91.3 Å². The van der Waals surface area contributed by atoms with Gasteiger partial charge in [-0.25, -0.2) is 0 Å². The summed E-state index contributed by atoms with van der Waals surface area (Å²) in [6.07, 6.45) is 23.8. The summed E-state index contributed by atoms with van der Waals surface area (Å²) in [6.45, 7) is 3.73. The minimum absolute atomic E-state index is 0.0228. The SMILES string of the molecule is CCCCC1([C@H](/C=C/[C@H]2[C@H](OC3CCCCO3)CC(=O)[C@@H]2C/C=C\CCCC(=O)O)OC2CCCCO2)CCC1. The molecule has 0 aromatic carbocycles. The number of aliphatic carboxylic acids is 1. The molecule has 1 N–H and O–H groups in total. The quantitative estimate of drug-likeness (QED) is 0.159. The average molecular weight is 561 g/mol. The van der Waals surface area contributed by atoms with E-state index in [9.17, 15) is 9.59 Å². The van der Waals surface area contributed by atoms with Gasteiger partial charge < -0.3 is 24.1 Å². The van der Waals surface area contributed by atoms with E-state index in [0.29, 0.717) is 32.3 Å². The van der Waals surface area contributed by atoms with Gasteiger partial charge in [0.2, 0.25) is 0 Å². The molecule has 7 heteroatoms. The summed E-state index contributed by atoms with van der Waals surface area (Å²) in [5, 5.41) is 8.89. The molecule has 2 aliphatic heterocycles. The number of hydrogen-bond donors (Lipinski definition) is 1. The molecule has 6 atom stereocenters. The highest BCUT2D eigenvalue weighted by Crippen LogP contribution is 2.50. The van der Waals surface area contributed by atoms with E-state index in [1.54, 1.807) is 0 Å². The van der Waals surface area contributed by atoms with E-state index in [2.05, 4.69) is 25.2 Å². The highest BCUT2D eigenvalue weighted by Gasteiger charge is 2.46. The van der Waals surface area contributed by atoms with Gasteiger partial charge in [-0.05, 0) is 77.0 Å². The van der Waals surface area contributed by atoms with Crippen LogP contribution in [0.25, 0.3) is 0 Å². The van der Waals surface area contributed by atoms with Crippen molar-refractivity contribution < 1.29 is 33.6 Å². The lowest BCUT2D eigenvalue weighted by atomic mass is 9.62. The van der Waals surface area contributed by atoms with E-state index < -0.39 is 5.97 Å². The maximum atomic E-state index is 13.3. The Morgan fingerprint density at radius 1 is 1.05 bits per heavy atom. The maximum absolute atomic E-state index is 13.3. The molecular formula is C33H52O7. The molecule has 2 saturated heterocycles. The number of unbranched alkanes of at least 4 members (excludes halogenated alkanes) is 2. The smallest absolute Gasteiger partial charge is 0.303 e. The Labute approximate surface area is 241 Å². The summed E-state index contributed by atoms with van der Waals surface area (Å²) < 4.78 is 25.1. The van der Waals surface area contributed by atoms with Crippen LogP contribution < -0.4 is 0 Å². The van der Waals surface area contributed by atoms with Gasteiger partial charge >= 0.3 is 5.97 Å². The molecule has 2 saturated carbocycles. The average Bonchev–Trinajstić information content (AvgIpc) is 3.22. The van der Waals surface area contributed by atoms with Crippen molar-refractivity contribution in [1.29, 1.82) is 0 Å². The summed E-state index contributed by atoms with van der Waals surface area (Å²) in [7, 11) is 0. The number of carboxylic acid groups (broad SMARTS) is 1. The van der Waals surface area contributed by atoms with Crippen LogP contribution in [0.5, 0.6) is 0 Å². The molecule has 0 amide bonds. The third-order valence-electron chi connectivity index (χ3n) is 9.42. The summed E-state index contributed by atoms with van der Waals surface area (Å²) in [5.41, 5.74) is 0.151. The Morgan fingerprint density at radius 3 is 2.42 bits per heavy atom. The van der Waals surface area contributed by atoms with Crippen LogP contribution in [0.2, 0.25) is 0 Å². The fourth-order valence-corrected chi connectivity index (χ4v) is 6.83. The van der Waals surface area contributed by atoms with Crippen LogP contribution in [-0.2, 0) is 28.5 Å². The van der Waals surface area contributed by atoms with E-state index in [0.717, 1.165) is 51.6 Å². The van der Waals surface area contributed by atoms with E-state index in [1.165, 1.54) is 32.1 Å². The molecule has 226 valence electrons. The van der Waals surface area contributed by atoms with Gasteiger partial charge in [0.05, 0.1) is 12.2 Å². The second-order valence-electron chi connectivity index (χ2n) is 12.4. The van der Waals surface area contributed by atoms with Gasteiger partial charge in [0.15, 0.2) is 12.6 Å². The summed E-state index contributed by atoms with van der Waals surface area (Å²) in [4.78, 5) is 24.1. The van der Waals surface area contributed by atoms with Crippen LogP contribution in [0.15, 0.2) is 24.3 Å². The molecule has 40 heavy (non-hydrogen) atoms. The number of Topliss-reactive ketones (excluding diaryl/α,β-unsaturated/α-hetero) is 1. The number of rotatable bonds is 16. The number of allylic oxidation sites excluding steroid dienone is 2. The van der Waals surface area contributed by atoms with Crippen LogP contribution in [-0.4, -0.2) is 54.9 Å². The predicted octanol–water partition coefficient (Wildman–Crippen LogP) is 7.13. The number of carbonyl (C=O) groups is 2. The first-order valence-corrected chi connectivity index (χ1v) is 16.1. The molecule has 4 rings (SSSR count). The Kier molecular flexibility index (Phi) is 12.7. The molecule has 4 fully saturated rings. The molecule has 0 aromatic heterocycles. The fourth-order valence-electron chi connectivity index (χ4n) is 6.83. The summed E-state index contributed by atoms with van der Waals surface area (Å²) in [5.74, 6) is -0.723. The Hall–Kier alpha value is -1.54. The Balaban J connectivity index is 1.50. The van der Waals surface area contributed by atoms with Crippen LogP contribution in [0.4, 0.5) is 0 Å². The van der Waals surface area contributed by atoms with Gasteiger partial charge in [-0.3, -0.25) is 9.59 Å². The largest absolute Gasteiger partial charge is 0.481 e. The lowest BCUT2D eigenvalue weighted by Crippen LogP contribution is -2.44. The minimum atomic E-state index is -0.770. The number of ketones is 1. The van der Waals surface area contributed by atoms with Gasteiger partial charge in [-0.1, -0.05) is 50.5 Å². The first-order chi connectivity index (χ1) is 19.5. The molecular weight excluding hydrogens is 508 g/mol. The van der Waals surface area contributed by atoms with E-state index in [1.807, 2.05) is 6.08 Å². The van der Waals surface area contributed by atoms with E-state index in [4.69, 9.17) is 24.1 Å². The molecule has 2 unspecified atom stereocenters. The second kappa shape index (κ2) is 16.2. The third-order valence-corrected chi connectivity index (χ3v) is 9.42. The number of carboxylic acids is 1. The second-order valence-corrected chi connectivity index (χ2v) is 12.4. The van der Waals surface area contributed by atoms with Gasteiger partial charge in [-0.15, -0.1) is 0 Å². The summed E-state index contributed by atoms with van der Waals surface area (Å²) in [6, 6.07) is 0. The third kappa shape index (κ3) is 8.98. The van der Waals surface area contributed by atoms with Crippen LogP contribution in [0, 0.1) is 17.3 Å². The molecule has 2 aliphatic carbocycles. The molecule has 0 aromatic rings. The number of hydrogen-bond acceptors (Lipinski definition) is 6. The highest BCUT2D eigenvalue weighted by atomic mass is 16.7. The molecule has 0 bridgehead atoms. The molecule has 2 heterocycles. The summed E-state index contributed by atoms with van der Waals surface area (Å²) >= 11 is 0. The van der Waals surface area contributed by atoms with E-state index in [-0.39, 0.29) is 54.2 Å². The van der Waals surface area contributed by atoms with Gasteiger partial charge in [0.25, 0.3) is 0 Å².